The molecule has 0 bridgehead atoms. The quantitative estimate of drug-likeness (QED) is 0.454. The largest absolute Gasteiger partial charge is 0.497 e. The van der Waals surface area contributed by atoms with E-state index < -0.39 is 10.0 Å². The minimum Gasteiger partial charge on any atom is -0.497 e. The van der Waals surface area contributed by atoms with Crippen LogP contribution in [0.2, 0.25) is 0 Å². The highest BCUT2D eigenvalue weighted by molar-refractivity contribution is 7.92. The van der Waals surface area contributed by atoms with E-state index in [-0.39, 0.29) is 16.8 Å². The molecule has 36 heavy (non-hydrogen) atoms. The summed E-state index contributed by atoms with van der Waals surface area (Å²) >= 11 is 0. The van der Waals surface area contributed by atoms with E-state index >= 15 is 0 Å². The fourth-order valence-electron chi connectivity index (χ4n) is 3.81. The first-order chi connectivity index (χ1) is 17.3. The van der Waals surface area contributed by atoms with Crippen molar-refractivity contribution >= 4 is 21.6 Å². The van der Waals surface area contributed by atoms with Crippen molar-refractivity contribution in [2.45, 2.75) is 10.9 Å². The van der Waals surface area contributed by atoms with Gasteiger partial charge in [0.1, 0.15) is 19.0 Å². The second-order valence-electron chi connectivity index (χ2n) is 8.45. The Bertz CT molecular complexity index is 1310. The SMILES string of the molecule is COc1ccc([C@H](CNC(=O)c2ccc(NS(=O)(=O)c3ccc4c(c3)OCCO4)cc2)N(C)C)cc1. The lowest BCUT2D eigenvalue weighted by Gasteiger charge is -2.25. The summed E-state index contributed by atoms with van der Waals surface area (Å²) in [5.74, 6) is 1.42. The highest BCUT2D eigenvalue weighted by Crippen LogP contribution is 2.32. The van der Waals surface area contributed by atoms with Crippen molar-refractivity contribution in [2.24, 2.45) is 0 Å². The van der Waals surface area contributed by atoms with E-state index in [0.717, 1.165) is 11.3 Å². The predicted octanol–water partition coefficient (Wildman–Crippen LogP) is 3.30. The summed E-state index contributed by atoms with van der Waals surface area (Å²) in [6, 6.07) is 18.4. The normalized spacial score (nSPS) is 13.7. The number of hydrogen-bond donors (Lipinski definition) is 2. The molecule has 0 radical (unpaired) electrons. The molecule has 0 aromatic heterocycles. The molecule has 1 heterocycles. The fraction of sp³-hybridized carbons (Fsp3) is 0.269. The number of anilines is 1. The van der Waals surface area contributed by atoms with E-state index in [0.29, 0.717) is 42.5 Å². The van der Waals surface area contributed by atoms with Crippen LogP contribution in [0, 0.1) is 0 Å². The van der Waals surface area contributed by atoms with Crippen LogP contribution in [0.3, 0.4) is 0 Å². The van der Waals surface area contributed by atoms with E-state index in [4.69, 9.17) is 14.2 Å². The Balaban J connectivity index is 1.39. The maximum atomic E-state index is 12.8. The molecule has 1 amide bonds. The summed E-state index contributed by atoms with van der Waals surface area (Å²) in [6.07, 6.45) is 0. The highest BCUT2D eigenvalue weighted by Gasteiger charge is 2.20. The van der Waals surface area contributed by atoms with Gasteiger partial charge in [0.25, 0.3) is 15.9 Å². The summed E-state index contributed by atoms with van der Waals surface area (Å²) in [6.45, 7) is 1.19. The van der Waals surface area contributed by atoms with E-state index in [1.54, 1.807) is 37.4 Å². The maximum Gasteiger partial charge on any atom is 0.262 e. The van der Waals surface area contributed by atoms with E-state index in [9.17, 15) is 13.2 Å². The third-order valence-corrected chi connectivity index (χ3v) is 7.18. The third-order valence-electron chi connectivity index (χ3n) is 5.80. The molecule has 190 valence electrons. The van der Waals surface area contributed by atoms with Crippen molar-refractivity contribution in [3.05, 3.63) is 77.9 Å². The van der Waals surface area contributed by atoms with Gasteiger partial charge in [0.05, 0.1) is 18.0 Å². The average molecular weight is 512 g/mol. The van der Waals surface area contributed by atoms with Crippen molar-refractivity contribution in [1.82, 2.24) is 10.2 Å². The van der Waals surface area contributed by atoms with Gasteiger partial charge in [0.15, 0.2) is 11.5 Å². The second-order valence-corrected chi connectivity index (χ2v) is 10.1. The molecule has 1 atom stereocenters. The molecule has 3 aromatic rings. The van der Waals surface area contributed by atoms with E-state index in [1.807, 2.05) is 43.3 Å². The number of hydrogen-bond acceptors (Lipinski definition) is 7. The van der Waals surface area contributed by atoms with Crippen molar-refractivity contribution in [3.8, 4) is 17.2 Å². The minimum absolute atomic E-state index is 0.0306. The van der Waals surface area contributed by atoms with Crippen LogP contribution >= 0.6 is 0 Å². The number of benzene rings is 3. The van der Waals surface area contributed by atoms with Crippen LogP contribution in [0.15, 0.2) is 71.6 Å². The Morgan fingerprint density at radius 1 is 0.972 bits per heavy atom. The first-order valence-corrected chi connectivity index (χ1v) is 12.9. The fourth-order valence-corrected chi connectivity index (χ4v) is 4.88. The molecule has 0 unspecified atom stereocenters. The van der Waals surface area contributed by atoms with Crippen LogP contribution in [-0.4, -0.2) is 60.2 Å². The van der Waals surface area contributed by atoms with Gasteiger partial charge in [-0.15, -0.1) is 0 Å². The molecule has 0 aliphatic carbocycles. The smallest absolute Gasteiger partial charge is 0.262 e. The predicted molar refractivity (Wildman–Crippen MR) is 136 cm³/mol. The van der Waals surface area contributed by atoms with Gasteiger partial charge >= 0.3 is 0 Å². The number of ether oxygens (including phenoxy) is 3. The van der Waals surface area contributed by atoms with Crippen LogP contribution in [0.5, 0.6) is 17.2 Å². The summed E-state index contributed by atoms with van der Waals surface area (Å²) in [7, 11) is 1.67. The van der Waals surface area contributed by atoms with Crippen LogP contribution in [0.4, 0.5) is 5.69 Å². The Hall–Kier alpha value is -3.76. The van der Waals surface area contributed by atoms with Gasteiger partial charge in [0.2, 0.25) is 0 Å². The maximum absolute atomic E-state index is 12.8. The lowest BCUT2D eigenvalue weighted by Crippen LogP contribution is -2.34. The number of methoxy groups -OCH3 is 1. The number of likely N-dealkylation sites (N-methyl/N-ethyl adjacent to an activating group) is 1. The molecule has 10 heteroatoms. The number of carbonyl (C=O) groups is 1. The van der Waals surface area contributed by atoms with Crippen LogP contribution in [0.25, 0.3) is 0 Å². The standard InChI is InChI=1S/C26H29N3O6S/c1-29(2)23(18-6-10-21(33-3)11-7-18)17-27-26(30)19-4-8-20(9-5-19)28-36(31,32)22-12-13-24-25(16-22)35-15-14-34-24/h4-13,16,23,28H,14-15,17H2,1-3H3,(H,27,30)/t23-/m0/s1. The monoisotopic (exact) mass is 511 g/mol. The molecular weight excluding hydrogens is 482 g/mol. The van der Waals surface area contributed by atoms with Gasteiger partial charge in [-0.1, -0.05) is 12.1 Å². The first kappa shape index (κ1) is 25.3. The number of carbonyl (C=O) groups excluding carboxylic acids is 1. The van der Waals surface area contributed by atoms with Crippen molar-refractivity contribution in [2.75, 3.05) is 45.7 Å². The van der Waals surface area contributed by atoms with Crippen LogP contribution in [0.1, 0.15) is 22.0 Å². The van der Waals surface area contributed by atoms with Crippen LogP contribution < -0.4 is 24.2 Å². The minimum atomic E-state index is -3.85. The number of sulfonamides is 1. The second kappa shape index (κ2) is 10.9. The number of fused-ring (bicyclic) bond motifs is 1. The van der Waals surface area contributed by atoms with E-state index in [2.05, 4.69) is 10.0 Å². The zero-order valence-corrected chi connectivity index (χ0v) is 21.2. The molecule has 0 saturated heterocycles. The topological polar surface area (TPSA) is 106 Å². The molecule has 0 saturated carbocycles. The van der Waals surface area contributed by atoms with Gasteiger partial charge in [0, 0.05) is 23.9 Å². The molecule has 3 aromatic carbocycles. The number of nitrogens with one attached hydrogen (secondary N) is 2. The van der Waals surface area contributed by atoms with Gasteiger partial charge < -0.3 is 24.4 Å². The molecule has 0 spiro atoms. The molecule has 9 nitrogen and oxygen atoms in total. The van der Waals surface area contributed by atoms with Crippen molar-refractivity contribution < 1.29 is 27.4 Å². The lowest BCUT2D eigenvalue weighted by molar-refractivity contribution is 0.0942. The van der Waals surface area contributed by atoms with E-state index in [1.165, 1.54) is 12.1 Å². The Morgan fingerprint density at radius 2 is 1.64 bits per heavy atom. The summed E-state index contributed by atoms with van der Waals surface area (Å²) in [5, 5.41) is 2.95. The zero-order chi connectivity index (χ0) is 25.7. The molecule has 1 aliphatic heterocycles. The Labute approximate surface area is 211 Å². The highest BCUT2D eigenvalue weighted by atomic mass is 32.2. The van der Waals surface area contributed by atoms with Gasteiger partial charge in [-0.25, -0.2) is 8.42 Å². The molecular formula is C26H29N3O6S. The average Bonchev–Trinajstić information content (AvgIpc) is 2.88. The molecule has 2 N–H and O–H groups in total. The lowest BCUT2D eigenvalue weighted by atomic mass is 10.1. The number of rotatable bonds is 9. The summed E-state index contributed by atoms with van der Waals surface area (Å²) < 4.78 is 44.3. The first-order valence-electron chi connectivity index (χ1n) is 11.4. The number of nitrogens with zero attached hydrogens (tertiary/aromatic N) is 1. The Kier molecular flexibility index (Phi) is 7.66. The van der Waals surface area contributed by atoms with Crippen molar-refractivity contribution in [3.63, 3.8) is 0 Å². The molecule has 4 rings (SSSR count). The third kappa shape index (κ3) is 5.89. The summed E-state index contributed by atoms with van der Waals surface area (Å²) in [4.78, 5) is 14.8. The Morgan fingerprint density at radius 3 is 2.28 bits per heavy atom. The number of amides is 1. The molecule has 1 aliphatic rings. The molecule has 0 fully saturated rings. The summed E-state index contributed by atoms with van der Waals surface area (Å²) in [5.41, 5.74) is 1.81. The van der Waals surface area contributed by atoms with Crippen molar-refractivity contribution in [1.29, 1.82) is 0 Å². The van der Waals surface area contributed by atoms with Gasteiger partial charge in [-0.3, -0.25) is 9.52 Å². The zero-order valence-electron chi connectivity index (χ0n) is 20.4. The van der Waals surface area contributed by atoms with Crippen LogP contribution in [-0.2, 0) is 10.0 Å². The van der Waals surface area contributed by atoms with Gasteiger partial charge in [-0.2, -0.15) is 0 Å². The van der Waals surface area contributed by atoms with Gasteiger partial charge in [-0.05, 0) is 68.2 Å².